The van der Waals surface area contributed by atoms with Gasteiger partial charge in [0.15, 0.2) is 5.78 Å². The summed E-state index contributed by atoms with van der Waals surface area (Å²) in [5.41, 5.74) is 2.46. The molecule has 0 amide bonds. The van der Waals surface area contributed by atoms with Gasteiger partial charge in [0.25, 0.3) is 0 Å². The van der Waals surface area contributed by atoms with Gasteiger partial charge >= 0.3 is 0 Å². The molecule has 2 heterocycles. The number of ketones is 1. The summed E-state index contributed by atoms with van der Waals surface area (Å²) in [6, 6.07) is 13.3. The largest absolute Gasteiger partial charge is 0.289 e. The van der Waals surface area contributed by atoms with E-state index in [9.17, 15) is 4.79 Å². The van der Waals surface area contributed by atoms with Crippen molar-refractivity contribution in [3.8, 4) is 0 Å². The lowest BCUT2D eigenvalue weighted by molar-refractivity contribution is 0.104. The molecule has 0 bridgehead atoms. The van der Waals surface area contributed by atoms with E-state index >= 15 is 0 Å². The minimum Gasteiger partial charge on any atom is -0.289 e. The molecule has 3 aromatic rings. The van der Waals surface area contributed by atoms with Crippen LogP contribution < -0.4 is 0 Å². The standard InChI is InChI=1S/C17H12N2O/c20-17(15-4-1-9-18-12-15)8-6-13-5-7-14-3-2-10-19-16(14)11-13/h1-12H. The second-order valence-electron chi connectivity index (χ2n) is 4.39. The van der Waals surface area contributed by atoms with Gasteiger partial charge < -0.3 is 0 Å². The topological polar surface area (TPSA) is 42.9 Å². The molecule has 0 spiro atoms. The quantitative estimate of drug-likeness (QED) is 0.534. The molecule has 0 atom stereocenters. The number of fused-ring (bicyclic) bond motifs is 1. The number of rotatable bonds is 3. The number of hydrogen-bond acceptors (Lipinski definition) is 3. The van der Waals surface area contributed by atoms with Crippen LogP contribution in [0, 0.1) is 0 Å². The van der Waals surface area contributed by atoms with Crippen molar-refractivity contribution in [2.45, 2.75) is 0 Å². The zero-order valence-corrected chi connectivity index (χ0v) is 10.7. The highest BCUT2D eigenvalue weighted by molar-refractivity contribution is 6.06. The lowest BCUT2D eigenvalue weighted by Crippen LogP contribution is -1.94. The van der Waals surface area contributed by atoms with E-state index in [-0.39, 0.29) is 5.78 Å². The van der Waals surface area contributed by atoms with E-state index in [1.165, 1.54) is 0 Å². The average Bonchev–Trinajstić information content (AvgIpc) is 2.53. The average molecular weight is 260 g/mol. The van der Waals surface area contributed by atoms with Gasteiger partial charge in [0.2, 0.25) is 0 Å². The van der Waals surface area contributed by atoms with Crippen LogP contribution >= 0.6 is 0 Å². The molecule has 0 N–H and O–H groups in total. The predicted molar refractivity (Wildman–Crippen MR) is 79.3 cm³/mol. The van der Waals surface area contributed by atoms with Crippen LogP contribution in [0.3, 0.4) is 0 Å². The first-order valence-electron chi connectivity index (χ1n) is 6.30. The Balaban J connectivity index is 1.85. The van der Waals surface area contributed by atoms with Crippen LogP contribution in [-0.2, 0) is 0 Å². The van der Waals surface area contributed by atoms with Gasteiger partial charge in [0.05, 0.1) is 5.52 Å². The molecule has 2 aromatic heterocycles. The number of allylic oxidation sites excluding steroid dienone is 1. The lowest BCUT2D eigenvalue weighted by atomic mass is 10.1. The minimum absolute atomic E-state index is 0.0563. The summed E-state index contributed by atoms with van der Waals surface area (Å²) in [6.07, 6.45) is 8.32. The van der Waals surface area contributed by atoms with Crippen molar-refractivity contribution in [2.75, 3.05) is 0 Å². The fraction of sp³-hybridized carbons (Fsp3) is 0. The van der Waals surface area contributed by atoms with Gasteiger partial charge in [0.1, 0.15) is 0 Å². The molecule has 3 rings (SSSR count). The Morgan fingerprint density at radius 1 is 1.05 bits per heavy atom. The number of hydrogen-bond donors (Lipinski definition) is 0. The third-order valence-corrected chi connectivity index (χ3v) is 3.00. The van der Waals surface area contributed by atoms with Crippen LogP contribution in [0.1, 0.15) is 15.9 Å². The van der Waals surface area contributed by atoms with Crippen molar-refractivity contribution in [2.24, 2.45) is 0 Å². The molecule has 0 aliphatic carbocycles. The fourth-order valence-corrected chi connectivity index (χ4v) is 1.96. The Hall–Kier alpha value is -2.81. The Morgan fingerprint density at radius 2 is 1.95 bits per heavy atom. The zero-order valence-electron chi connectivity index (χ0n) is 10.7. The molecule has 0 radical (unpaired) electrons. The van der Waals surface area contributed by atoms with Gasteiger partial charge in [-0.1, -0.05) is 24.3 Å². The number of nitrogens with zero attached hydrogens (tertiary/aromatic N) is 2. The molecule has 96 valence electrons. The van der Waals surface area contributed by atoms with Gasteiger partial charge in [0, 0.05) is 29.5 Å². The summed E-state index contributed by atoms with van der Waals surface area (Å²) in [5.74, 6) is -0.0563. The number of aromatic nitrogens is 2. The molecule has 0 aliphatic rings. The molecule has 0 fully saturated rings. The lowest BCUT2D eigenvalue weighted by Gasteiger charge is -1.98. The molecule has 0 saturated heterocycles. The van der Waals surface area contributed by atoms with Crippen molar-refractivity contribution in [3.63, 3.8) is 0 Å². The van der Waals surface area contributed by atoms with E-state index in [2.05, 4.69) is 9.97 Å². The van der Waals surface area contributed by atoms with E-state index in [1.54, 1.807) is 42.9 Å². The first kappa shape index (κ1) is 12.2. The van der Waals surface area contributed by atoms with Crippen molar-refractivity contribution in [3.05, 3.63) is 78.3 Å². The Morgan fingerprint density at radius 3 is 2.80 bits per heavy atom. The van der Waals surface area contributed by atoms with Gasteiger partial charge in [-0.15, -0.1) is 0 Å². The first-order valence-corrected chi connectivity index (χ1v) is 6.30. The van der Waals surface area contributed by atoms with E-state index in [0.717, 1.165) is 16.5 Å². The van der Waals surface area contributed by atoms with Gasteiger partial charge in [-0.2, -0.15) is 0 Å². The molecular formula is C17H12N2O. The van der Waals surface area contributed by atoms with E-state index in [4.69, 9.17) is 0 Å². The maximum Gasteiger partial charge on any atom is 0.187 e. The number of carbonyl (C=O) groups is 1. The Labute approximate surface area is 116 Å². The van der Waals surface area contributed by atoms with E-state index in [0.29, 0.717) is 5.56 Å². The van der Waals surface area contributed by atoms with Gasteiger partial charge in [-0.05, 0) is 35.9 Å². The summed E-state index contributed by atoms with van der Waals surface area (Å²) < 4.78 is 0. The monoisotopic (exact) mass is 260 g/mol. The second kappa shape index (κ2) is 5.45. The maximum atomic E-state index is 11.9. The first-order chi connectivity index (χ1) is 9.83. The van der Waals surface area contributed by atoms with Crippen LogP contribution in [0.25, 0.3) is 17.0 Å². The minimum atomic E-state index is -0.0563. The molecular weight excluding hydrogens is 248 g/mol. The normalized spacial score (nSPS) is 11.0. The number of pyridine rings is 2. The zero-order chi connectivity index (χ0) is 13.8. The molecule has 1 aromatic carbocycles. The van der Waals surface area contributed by atoms with Gasteiger partial charge in [-0.25, -0.2) is 0 Å². The molecule has 0 unspecified atom stereocenters. The number of benzene rings is 1. The molecule has 3 heteroatoms. The van der Waals surface area contributed by atoms with Crippen LogP contribution in [-0.4, -0.2) is 15.8 Å². The maximum absolute atomic E-state index is 11.9. The molecule has 0 saturated carbocycles. The summed E-state index contributed by atoms with van der Waals surface area (Å²) in [4.78, 5) is 20.2. The third-order valence-electron chi connectivity index (χ3n) is 3.00. The Kier molecular flexibility index (Phi) is 3.33. The summed E-state index contributed by atoms with van der Waals surface area (Å²) in [7, 11) is 0. The van der Waals surface area contributed by atoms with Crippen LogP contribution in [0.4, 0.5) is 0 Å². The molecule has 20 heavy (non-hydrogen) atoms. The van der Waals surface area contributed by atoms with E-state index in [1.807, 2.05) is 30.3 Å². The summed E-state index contributed by atoms with van der Waals surface area (Å²) in [6.45, 7) is 0. The second-order valence-corrected chi connectivity index (χ2v) is 4.39. The highest BCUT2D eigenvalue weighted by atomic mass is 16.1. The Bertz CT molecular complexity index is 779. The number of carbonyl (C=O) groups excluding carboxylic acids is 1. The smallest absolute Gasteiger partial charge is 0.187 e. The van der Waals surface area contributed by atoms with Crippen molar-refractivity contribution in [1.29, 1.82) is 0 Å². The molecule has 0 aliphatic heterocycles. The van der Waals surface area contributed by atoms with E-state index < -0.39 is 0 Å². The summed E-state index contributed by atoms with van der Waals surface area (Å²) >= 11 is 0. The van der Waals surface area contributed by atoms with Crippen LogP contribution in [0.5, 0.6) is 0 Å². The highest BCUT2D eigenvalue weighted by Crippen LogP contribution is 2.14. The fourth-order valence-electron chi connectivity index (χ4n) is 1.96. The predicted octanol–water partition coefficient (Wildman–Crippen LogP) is 3.53. The highest BCUT2D eigenvalue weighted by Gasteiger charge is 2.00. The van der Waals surface area contributed by atoms with Crippen molar-refractivity contribution < 1.29 is 4.79 Å². The summed E-state index contributed by atoms with van der Waals surface area (Å²) in [5, 5.41) is 1.09. The van der Waals surface area contributed by atoms with Crippen LogP contribution in [0.2, 0.25) is 0 Å². The van der Waals surface area contributed by atoms with Crippen molar-refractivity contribution >= 4 is 22.8 Å². The third kappa shape index (κ3) is 2.62. The van der Waals surface area contributed by atoms with Crippen molar-refractivity contribution in [1.82, 2.24) is 9.97 Å². The molecule has 3 nitrogen and oxygen atoms in total. The van der Waals surface area contributed by atoms with Gasteiger partial charge in [-0.3, -0.25) is 14.8 Å². The van der Waals surface area contributed by atoms with Crippen LogP contribution in [0.15, 0.2) is 67.1 Å². The SMILES string of the molecule is O=C(C=Cc1ccc2cccnc2c1)c1cccnc1.